The molecule has 0 unspecified atom stereocenters. The molecule has 0 bridgehead atoms. The third-order valence-corrected chi connectivity index (χ3v) is 6.21. The zero-order valence-corrected chi connectivity index (χ0v) is 18.6. The Labute approximate surface area is 187 Å². The van der Waals surface area contributed by atoms with Crippen molar-refractivity contribution in [3.63, 3.8) is 0 Å². The smallest absolute Gasteiger partial charge is 0.321 e. The summed E-state index contributed by atoms with van der Waals surface area (Å²) in [5.74, 6) is -0.524. The Kier molecular flexibility index (Phi) is 6.16. The number of carbonyl (C=O) groups is 2. The molecule has 0 saturated carbocycles. The van der Waals surface area contributed by atoms with Gasteiger partial charge in [-0.25, -0.2) is 10.3 Å². The molecule has 2 aromatic carbocycles. The van der Waals surface area contributed by atoms with Gasteiger partial charge in [0.15, 0.2) is 0 Å². The molecule has 3 amide bonds. The van der Waals surface area contributed by atoms with Crippen molar-refractivity contribution >= 4 is 28.5 Å². The van der Waals surface area contributed by atoms with Gasteiger partial charge in [-0.3, -0.25) is 14.9 Å². The van der Waals surface area contributed by atoms with Crippen molar-refractivity contribution in [2.75, 3.05) is 18.4 Å². The maximum Gasteiger partial charge on any atom is 0.321 e. The summed E-state index contributed by atoms with van der Waals surface area (Å²) >= 11 is 0. The van der Waals surface area contributed by atoms with Crippen LogP contribution in [0.2, 0.25) is 0 Å². The van der Waals surface area contributed by atoms with Crippen molar-refractivity contribution in [1.29, 1.82) is 0 Å². The molecule has 2 atom stereocenters. The number of aryl methyl sites for hydroxylation is 1. The average Bonchev–Trinajstić information content (AvgIpc) is 3.16. The average molecular weight is 436 g/mol. The molecule has 1 fully saturated rings. The molecule has 1 aliphatic heterocycles. The maximum atomic E-state index is 12.9. The van der Waals surface area contributed by atoms with Gasteiger partial charge in [0.05, 0.1) is 0 Å². The van der Waals surface area contributed by atoms with Crippen molar-refractivity contribution in [3.8, 4) is 0 Å². The largest absolute Gasteiger partial charge is 0.351 e. The number of hydrogen-bond acceptors (Lipinski definition) is 4. The summed E-state index contributed by atoms with van der Waals surface area (Å²) in [5.41, 5.74) is 5.05. The summed E-state index contributed by atoms with van der Waals surface area (Å²) in [6, 6.07) is 15.4. The second-order valence-corrected chi connectivity index (χ2v) is 8.54. The zero-order valence-electron chi connectivity index (χ0n) is 18.6. The molecule has 3 aromatic rings. The second kappa shape index (κ2) is 9.02. The standard InChI is InChI=1S/C24H29N5O3/c1-16-13-28(24(31)25-21-8-9-22-20(12-21)10-11-27(22)3)14-17(2)29(16)15-18-4-6-19(7-5-18)23(30)26-32/h4-12,16-17,32H,13-15H2,1-3H3,(H,25,31)(H,26,30)/t16-,17+. The molecule has 0 spiro atoms. The van der Waals surface area contributed by atoms with Crippen molar-refractivity contribution in [2.45, 2.75) is 32.5 Å². The van der Waals surface area contributed by atoms with Gasteiger partial charge in [0.25, 0.3) is 5.91 Å². The first-order valence-corrected chi connectivity index (χ1v) is 10.8. The molecule has 1 aromatic heterocycles. The number of fused-ring (bicyclic) bond motifs is 1. The fraction of sp³-hybridized carbons (Fsp3) is 0.333. The van der Waals surface area contributed by atoms with Crippen LogP contribution in [0.5, 0.6) is 0 Å². The molecular formula is C24H29N5O3. The van der Waals surface area contributed by atoms with Crippen LogP contribution in [0.4, 0.5) is 10.5 Å². The highest BCUT2D eigenvalue weighted by Crippen LogP contribution is 2.22. The molecule has 8 nitrogen and oxygen atoms in total. The molecule has 0 aliphatic carbocycles. The molecule has 4 rings (SSSR count). The van der Waals surface area contributed by atoms with Gasteiger partial charge < -0.3 is 14.8 Å². The summed E-state index contributed by atoms with van der Waals surface area (Å²) < 4.78 is 2.05. The van der Waals surface area contributed by atoms with Crippen LogP contribution in [0, 0.1) is 0 Å². The number of rotatable bonds is 4. The van der Waals surface area contributed by atoms with Crippen LogP contribution in [0.3, 0.4) is 0 Å². The predicted molar refractivity (Wildman–Crippen MR) is 124 cm³/mol. The van der Waals surface area contributed by atoms with Gasteiger partial charge >= 0.3 is 6.03 Å². The summed E-state index contributed by atoms with van der Waals surface area (Å²) in [5, 5.41) is 12.9. The van der Waals surface area contributed by atoms with E-state index in [1.54, 1.807) is 17.6 Å². The highest BCUT2D eigenvalue weighted by atomic mass is 16.5. The summed E-state index contributed by atoms with van der Waals surface area (Å²) in [4.78, 5) is 28.7. The van der Waals surface area contributed by atoms with E-state index in [-0.39, 0.29) is 18.1 Å². The molecule has 168 valence electrons. The minimum Gasteiger partial charge on any atom is -0.351 e. The molecule has 2 heterocycles. The summed E-state index contributed by atoms with van der Waals surface area (Å²) in [7, 11) is 2.00. The number of carbonyl (C=O) groups excluding carboxylic acids is 2. The minimum atomic E-state index is -0.524. The highest BCUT2D eigenvalue weighted by Gasteiger charge is 2.31. The summed E-state index contributed by atoms with van der Waals surface area (Å²) in [6.07, 6.45) is 2.01. The van der Waals surface area contributed by atoms with Gasteiger partial charge in [-0.1, -0.05) is 12.1 Å². The van der Waals surface area contributed by atoms with Crippen molar-refractivity contribution in [1.82, 2.24) is 19.8 Å². The first kappa shape index (κ1) is 21.9. The number of nitrogens with one attached hydrogen (secondary N) is 2. The van der Waals surface area contributed by atoms with Gasteiger partial charge in [-0.2, -0.15) is 0 Å². The fourth-order valence-electron chi connectivity index (χ4n) is 4.43. The van der Waals surface area contributed by atoms with Crippen molar-refractivity contribution < 1.29 is 14.8 Å². The highest BCUT2D eigenvalue weighted by molar-refractivity contribution is 5.93. The quantitative estimate of drug-likeness (QED) is 0.433. The van der Waals surface area contributed by atoms with E-state index in [1.807, 2.05) is 54.5 Å². The van der Waals surface area contributed by atoms with Crippen molar-refractivity contribution in [3.05, 3.63) is 65.9 Å². The first-order valence-electron chi connectivity index (χ1n) is 10.8. The number of urea groups is 1. The van der Waals surface area contributed by atoms with Gasteiger partial charge in [0.1, 0.15) is 0 Å². The lowest BCUT2D eigenvalue weighted by Crippen LogP contribution is -2.58. The van der Waals surface area contributed by atoms with E-state index in [0.29, 0.717) is 18.7 Å². The number of nitrogens with zero attached hydrogens (tertiary/aromatic N) is 3. The lowest BCUT2D eigenvalue weighted by molar-refractivity contribution is 0.0526. The van der Waals surface area contributed by atoms with Crippen LogP contribution in [0.1, 0.15) is 29.8 Å². The number of piperazine rings is 1. The number of amides is 3. The Hall–Kier alpha value is -3.36. The Bertz CT molecular complexity index is 1110. The Balaban J connectivity index is 1.38. The number of hydrogen-bond donors (Lipinski definition) is 3. The van der Waals surface area contributed by atoms with Gasteiger partial charge in [-0.15, -0.1) is 0 Å². The van der Waals surface area contributed by atoms with E-state index in [0.717, 1.165) is 28.7 Å². The predicted octanol–water partition coefficient (Wildman–Crippen LogP) is 3.42. The van der Waals surface area contributed by atoms with E-state index in [4.69, 9.17) is 5.21 Å². The number of aromatic nitrogens is 1. The number of anilines is 1. The normalized spacial score (nSPS) is 19.2. The Morgan fingerprint density at radius 3 is 2.38 bits per heavy atom. The molecule has 1 aliphatic rings. The second-order valence-electron chi connectivity index (χ2n) is 8.54. The van der Waals surface area contributed by atoms with Gasteiger partial charge in [-0.05, 0) is 55.8 Å². The monoisotopic (exact) mass is 435 g/mol. The molecule has 0 radical (unpaired) electrons. The molecular weight excluding hydrogens is 406 g/mol. The third kappa shape index (κ3) is 4.46. The van der Waals surface area contributed by atoms with E-state index in [2.05, 4.69) is 28.6 Å². The van der Waals surface area contributed by atoms with Crippen molar-refractivity contribution in [2.24, 2.45) is 7.05 Å². The lowest BCUT2D eigenvalue weighted by atomic mass is 10.1. The SMILES string of the molecule is C[C@@H]1CN(C(=O)Nc2ccc3c(ccn3C)c2)C[C@H](C)N1Cc1ccc(C(=O)NO)cc1. The molecule has 8 heteroatoms. The van der Waals surface area contributed by atoms with E-state index < -0.39 is 5.91 Å². The van der Waals surface area contributed by atoms with Crippen LogP contribution in [-0.4, -0.2) is 56.7 Å². The maximum absolute atomic E-state index is 12.9. The van der Waals surface area contributed by atoms with Crippen LogP contribution in [0.15, 0.2) is 54.7 Å². The summed E-state index contributed by atoms with van der Waals surface area (Å²) in [6.45, 7) is 6.24. The minimum absolute atomic E-state index is 0.0852. The van der Waals surface area contributed by atoms with Gasteiger partial charge in [0.2, 0.25) is 0 Å². The van der Waals surface area contributed by atoms with E-state index >= 15 is 0 Å². The Morgan fingerprint density at radius 2 is 1.72 bits per heavy atom. The fourth-order valence-corrected chi connectivity index (χ4v) is 4.43. The molecule has 3 N–H and O–H groups in total. The van der Waals surface area contributed by atoms with Crippen LogP contribution in [0.25, 0.3) is 10.9 Å². The van der Waals surface area contributed by atoms with E-state index in [1.165, 1.54) is 0 Å². The molecule has 1 saturated heterocycles. The first-order chi connectivity index (χ1) is 15.4. The molecule has 32 heavy (non-hydrogen) atoms. The van der Waals surface area contributed by atoms with E-state index in [9.17, 15) is 9.59 Å². The van der Waals surface area contributed by atoms with Gasteiger partial charge in [0, 0.05) is 67.1 Å². The number of hydroxylamine groups is 1. The third-order valence-electron chi connectivity index (χ3n) is 6.21. The van der Waals surface area contributed by atoms with Crippen LogP contribution in [-0.2, 0) is 13.6 Å². The lowest BCUT2D eigenvalue weighted by Gasteiger charge is -2.44. The van der Waals surface area contributed by atoms with Crippen LogP contribution >= 0.6 is 0 Å². The number of benzene rings is 2. The Morgan fingerprint density at radius 1 is 1.03 bits per heavy atom. The zero-order chi connectivity index (χ0) is 22.8. The topological polar surface area (TPSA) is 89.8 Å². The van der Waals surface area contributed by atoms with Crippen LogP contribution < -0.4 is 10.8 Å².